The number of quaternary nitrogens is 1. The second-order valence-corrected chi connectivity index (χ2v) is 10.5. The Hall–Kier alpha value is -3.49. The Bertz CT molecular complexity index is 1190. The van der Waals surface area contributed by atoms with E-state index >= 15 is 0 Å². The minimum absolute atomic E-state index is 0.174. The van der Waals surface area contributed by atoms with Crippen LogP contribution in [0.5, 0.6) is 0 Å². The summed E-state index contributed by atoms with van der Waals surface area (Å²) in [7, 11) is 1.82. The van der Waals surface area contributed by atoms with Crippen LogP contribution >= 0.6 is 0 Å². The zero-order valence-corrected chi connectivity index (χ0v) is 21.5. The topological polar surface area (TPSA) is 93.4 Å². The molecule has 2 N–H and O–H groups in total. The fourth-order valence-electron chi connectivity index (χ4n) is 5.82. The molecule has 0 aliphatic carbocycles. The summed E-state index contributed by atoms with van der Waals surface area (Å²) in [6.07, 6.45) is 1.64. The Balaban J connectivity index is 1.27. The summed E-state index contributed by atoms with van der Waals surface area (Å²) in [5.41, 5.74) is 0.451. The van der Waals surface area contributed by atoms with Gasteiger partial charge in [-0.2, -0.15) is 5.10 Å². The van der Waals surface area contributed by atoms with Crippen molar-refractivity contribution >= 4 is 11.9 Å². The van der Waals surface area contributed by atoms with E-state index in [2.05, 4.69) is 10.4 Å². The van der Waals surface area contributed by atoms with Crippen LogP contribution < -0.4 is 5.32 Å². The van der Waals surface area contributed by atoms with Gasteiger partial charge in [0.2, 0.25) is 5.60 Å². The molecule has 1 unspecified atom stereocenters. The van der Waals surface area contributed by atoms with E-state index in [4.69, 9.17) is 4.74 Å². The second kappa shape index (κ2) is 10.1. The molecule has 3 fully saturated rings. The molecule has 194 valence electrons. The van der Waals surface area contributed by atoms with Crippen molar-refractivity contribution in [3.63, 3.8) is 0 Å². The molecule has 6 rings (SSSR count). The summed E-state index contributed by atoms with van der Waals surface area (Å²) >= 11 is 0. The number of esters is 1. The van der Waals surface area contributed by atoms with Gasteiger partial charge in [-0.25, -0.2) is 4.79 Å². The molecule has 2 aromatic carbocycles. The van der Waals surface area contributed by atoms with Gasteiger partial charge in [0.1, 0.15) is 12.2 Å². The summed E-state index contributed by atoms with van der Waals surface area (Å²) < 4.78 is 8.62. The molecule has 8 nitrogen and oxygen atoms in total. The van der Waals surface area contributed by atoms with Crippen LogP contribution in [0.3, 0.4) is 0 Å². The maximum Gasteiger partial charge on any atom is 0.348 e. The van der Waals surface area contributed by atoms with Crippen LogP contribution in [0.15, 0.2) is 66.7 Å². The quantitative estimate of drug-likeness (QED) is 0.364. The molecule has 3 saturated heterocycles. The van der Waals surface area contributed by atoms with Crippen molar-refractivity contribution in [3.8, 4) is 0 Å². The van der Waals surface area contributed by atoms with Gasteiger partial charge in [-0.1, -0.05) is 60.7 Å². The number of hydrogen-bond acceptors (Lipinski definition) is 5. The summed E-state index contributed by atoms with van der Waals surface area (Å²) in [6.45, 7) is 5.89. The van der Waals surface area contributed by atoms with Crippen molar-refractivity contribution in [1.29, 1.82) is 0 Å². The number of hydrogen-bond donors (Lipinski definition) is 2. The van der Waals surface area contributed by atoms with Crippen LogP contribution in [0.1, 0.15) is 40.2 Å². The third-order valence-electron chi connectivity index (χ3n) is 8.20. The SMILES string of the molecule is Cc1cc(C(=O)NCC[N+]23CCC(CC2)C(OC(=O)C(O)(c2ccccc2)c2ccccc2)C3)nn1C. The van der Waals surface area contributed by atoms with E-state index in [0.717, 1.165) is 42.7 Å². The lowest BCUT2D eigenvalue weighted by Gasteiger charge is -2.52. The molecule has 1 atom stereocenters. The maximum atomic E-state index is 13.7. The smallest absolute Gasteiger partial charge is 0.348 e. The normalized spacial score (nSPS) is 23.0. The van der Waals surface area contributed by atoms with E-state index in [1.54, 1.807) is 35.0 Å². The average molecular weight is 504 g/mol. The van der Waals surface area contributed by atoms with Crippen molar-refractivity contribution in [3.05, 3.63) is 89.2 Å². The van der Waals surface area contributed by atoms with Crippen molar-refractivity contribution in [2.24, 2.45) is 13.0 Å². The van der Waals surface area contributed by atoms with Gasteiger partial charge in [-0.05, 0) is 24.1 Å². The number of amides is 1. The summed E-state index contributed by atoms with van der Waals surface area (Å²) in [5, 5.41) is 19.0. The van der Waals surface area contributed by atoms with Crippen LogP contribution in [-0.4, -0.2) is 70.1 Å². The van der Waals surface area contributed by atoms with E-state index in [9.17, 15) is 14.7 Å². The number of carbonyl (C=O) groups is 2. The van der Waals surface area contributed by atoms with Gasteiger partial charge in [-0.15, -0.1) is 0 Å². The lowest BCUT2D eigenvalue weighted by atomic mass is 9.82. The van der Waals surface area contributed by atoms with E-state index < -0.39 is 11.6 Å². The highest BCUT2D eigenvalue weighted by atomic mass is 16.6. The summed E-state index contributed by atoms with van der Waals surface area (Å²) in [6, 6.07) is 19.8. The van der Waals surface area contributed by atoms with Crippen molar-refractivity contribution in [2.75, 3.05) is 32.7 Å². The number of nitrogens with one attached hydrogen (secondary N) is 1. The van der Waals surface area contributed by atoms with Gasteiger partial charge < -0.3 is 19.6 Å². The lowest BCUT2D eigenvalue weighted by Crippen LogP contribution is -2.66. The number of aliphatic hydroxyl groups is 1. The molecule has 1 aromatic heterocycles. The van der Waals surface area contributed by atoms with Gasteiger partial charge in [-0.3, -0.25) is 9.48 Å². The number of piperidine rings is 3. The van der Waals surface area contributed by atoms with E-state index in [1.165, 1.54) is 0 Å². The molecule has 2 bridgehead atoms. The highest BCUT2D eigenvalue weighted by Crippen LogP contribution is 2.38. The molecular weight excluding hydrogens is 468 g/mol. The molecule has 3 aliphatic rings. The number of rotatable bonds is 8. The van der Waals surface area contributed by atoms with Gasteiger partial charge >= 0.3 is 5.97 Å². The van der Waals surface area contributed by atoms with Crippen molar-refractivity contribution in [1.82, 2.24) is 15.1 Å². The van der Waals surface area contributed by atoms with Crippen LogP contribution in [0.4, 0.5) is 0 Å². The van der Waals surface area contributed by atoms with Crippen molar-refractivity contribution < 1.29 is 23.9 Å². The molecule has 3 aliphatic heterocycles. The Morgan fingerprint density at radius 2 is 1.68 bits per heavy atom. The minimum Gasteiger partial charge on any atom is -0.453 e. The Labute approximate surface area is 217 Å². The Morgan fingerprint density at radius 3 is 2.22 bits per heavy atom. The first-order chi connectivity index (χ1) is 17.8. The lowest BCUT2D eigenvalue weighted by molar-refractivity contribution is -0.945. The van der Waals surface area contributed by atoms with Gasteiger partial charge in [0.15, 0.2) is 6.10 Å². The van der Waals surface area contributed by atoms with Crippen LogP contribution in [0.25, 0.3) is 0 Å². The zero-order chi connectivity index (χ0) is 26.0. The summed E-state index contributed by atoms with van der Waals surface area (Å²) in [5.74, 6) is -0.529. The average Bonchev–Trinajstić information content (AvgIpc) is 3.27. The number of fused-ring (bicyclic) bond motifs is 3. The maximum absolute atomic E-state index is 13.7. The molecule has 3 aromatic rings. The third-order valence-corrected chi connectivity index (χ3v) is 8.20. The van der Waals surface area contributed by atoms with Crippen molar-refractivity contribution in [2.45, 2.75) is 31.5 Å². The Morgan fingerprint density at radius 1 is 1.08 bits per heavy atom. The molecule has 37 heavy (non-hydrogen) atoms. The third kappa shape index (κ3) is 4.91. The number of benzene rings is 2. The zero-order valence-electron chi connectivity index (χ0n) is 21.5. The first-order valence-electron chi connectivity index (χ1n) is 13.0. The molecular formula is C29H35N4O4+. The minimum atomic E-state index is -1.88. The van der Waals surface area contributed by atoms with Crippen LogP contribution in [0.2, 0.25) is 0 Å². The summed E-state index contributed by atoms with van der Waals surface area (Å²) in [4.78, 5) is 26.2. The monoisotopic (exact) mass is 503 g/mol. The predicted molar refractivity (Wildman–Crippen MR) is 138 cm³/mol. The van der Waals surface area contributed by atoms with E-state index in [1.807, 2.05) is 50.4 Å². The Kier molecular flexibility index (Phi) is 6.88. The highest BCUT2D eigenvalue weighted by molar-refractivity contribution is 5.92. The van der Waals surface area contributed by atoms with Crippen LogP contribution in [0, 0.1) is 12.8 Å². The molecule has 0 radical (unpaired) electrons. The molecule has 0 saturated carbocycles. The molecule has 4 heterocycles. The number of aromatic nitrogens is 2. The standard InChI is InChI=1S/C29H34N4O4/c1-21-19-25(31-32(21)2)27(34)30-15-18-33-16-13-22(14-17-33)26(20-33)37-28(35)29(36,23-9-5-3-6-10-23)24-11-7-4-8-12-24/h3-12,19,22,26,36H,13-18,20H2,1-2H3/p+1. The number of carbonyl (C=O) groups excluding carboxylic acids is 2. The van der Waals surface area contributed by atoms with E-state index in [0.29, 0.717) is 29.9 Å². The molecule has 0 spiro atoms. The van der Waals surface area contributed by atoms with Gasteiger partial charge in [0.25, 0.3) is 5.91 Å². The largest absolute Gasteiger partial charge is 0.453 e. The van der Waals surface area contributed by atoms with Crippen LogP contribution in [-0.2, 0) is 22.2 Å². The molecule has 1 amide bonds. The molecule has 8 heteroatoms. The first kappa shape index (κ1) is 25.2. The second-order valence-electron chi connectivity index (χ2n) is 10.5. The number of nitrogens with zero attached hydrogens (tertiary/aromatic N) is 3. The predicted octanol–water partition coefficient (Wildman–Crippen LogP) is 2.55. The van der Waals surface area contributed by atoms with E-state index in [-0.39, 0.29) is 17.9 Å². The first-order valence-corrected chi connectivity index (χ1v) is 13.0. The fraction of sp³-hybridized carbons (Fsp3) is 0.414. The van der Waals surface area contributed by atoms with Gasteiger partial charge in [0, 0.05) is 31.5 Å². The number of aryl methyl sites for hydroxylation is 2. The highest BCUT2D eigenvalue weighted by Gasteiger charge is 2.50. The van der Waals surface area contributed by atoms with Gasteiger partial charge in [0.05, 0.1) is 26.2 Å². The number of ether oxygens (including phenoxy) is 1. The fourth-order valence-corrected chi connectivity index (χ4v) is 5.82.